The molecule has 0 fully saturated rings. The number of ether oxygens (including phenoxy) is 1. The average Bonchev–Trinajstić information content (AvgIpc) is 2.02. The summed E-state index contributed by atoms with van der Waals surface area (Å²) in [5.74, 6) is -0.588. The van der Waals surface area contributed by atoms with Crippen molar-refractivity contribution in [2.45, 2.75) is 25.6 Å². The van der Waals surface area contributed by atoms with Crippen molar-refractivity contribution < 1.29 is 19.7 Å². The Kier molecular flexibility index (Phi) is 5.32. The predicted molar refractivity (Wildman–Crippen MR) is 43.5 cm³/mol. The van der Waals surface area contributed by atoms with Gasteiger partial charge in [0.2, 0.25) is 0 Å². The zero-order valence-corrected chi connectivity index (χ0v) is 7.06. The molecule has 0 saturated heterocycles. The maximum Gasteiger partial charge on any atom is 0.330 e. The smallest absolute Gasteiger partial charge is 0.330 e. The minimum Gasteiger partial charge on any atom is -0.457 e. The van der Waals surface area contributed by atoms with Gasteiger partial charge in [0.1, 0.15) is 6.10 Å². The summed E-state index contributed by atoms with van der Waals surface area (Å²) >= 11 is 0. The van der Waals surface area contributed by atoms with Crippen LogP contribution in [-0.4, -0.2) is 35.0 Å². The quantitative estimate of drug-likeness (QED) is 0.449. The fourth-order valence-electron chi connectivity index (χ4n) is 0.753. The van der Waals surface area contributed by atoms with Gasteiger partial charge in [0.05, 0.1) is 12.7 Å². The lowest BCUT2D eigenvalue weighted by atomic mass is 10.2. The molecule has 70 valence electrons. The number of carbonyl (C=O) groups excluding carboxylic acids is 1. The first-order valence-corrected chi connectivity index (χ1v) is 3.72. The van der Waals surface area contributed by atoms with E-state index in [-0.39, 0.29) is 13.0 Å². The molecule has 0 aromatic rings. The number of esters is 1. The normalized spacial score (nSPS) is 14.9. The molecule has 0 spiro atoms. The molecule has 0 aromatic carbocycles. The van der Waals surface area contributed by atoms with Crippen LogP contribution in [0.5, 0.6) is 0 Å². The van der Waals surface area contributed by atoms with Crippen LogP contribution in [0.4, 0.5) is 0 Å². The molecule has 0 aromatic heterocycles. The van der Waals surface area contributed by atoms with Gasteiger partial charge in [-0.2, -0.15) is 0 Å². The van der Waals surface area contributed by atoms with E-state index in [0.29, 0.717) is 0 Å². The topological polar surface area (TPSA) is 66.8 Å². The van der Waals surface area contributed by atoms with E-state index < -0.39 is 18.2 Å². The van der Waals surface area contributed by atoms with E-state index in [1.54, 1.807) is 6.92 Å². The third kappa shape index (κ3) is 4.87. The molecule has 0 radical (unpaired) electrons. The molecule has 0 heterocycles. The highest BCUT2D eigenvalue weighted by molar-refractivity contribution is 5.81. The number of hydrogen-bond donors (Lipinski definition) is 2. The highest BCUT2D eigenvalue weighted by Gasteiger charge is 2.13. The molecule has 0 aliphatic carbocycles. The van der Waals surface area contributed by atoms with Crippen LogP contribution in [0.1, 0.15) is 13.3 Å². The van der Waals surface area contributed by atoms with Gasteiger partial charge in [-0.15, -0.1) is 0 Å². The summed E-state index contributed by atoms with van der Waals surface area (Å²) in [5.41, 5.74) is 0. The fourth-order valence-corrected chi connectivity index (χ4v) is 0.753. The molecular weight excluding hydrogens is 160 g/mol. The lowest BCUT2D eigenvalue weighted by Gasteiger charge is -2.15. The maximum absolute atomic E-state index is 10.6. The van der Waals surface area contributed by atoms with Crippen LogP contribution in [0, 0.1) is 0 Å². The fraction of sp³-hybridized carbons (Fsp3) is 0.625. The van der Waals surface area contributed by atoms with Crippen LogP contribution < -0.4 is 0 Å². The highest BCUT2D eigenvalue weighted by atomic mass is 16.6. The molecule has 4 heteroatoms. The number of hydrogen-bond acceptors (Lipinski definition) is 4. The molecule has 0 aliphatic rings. The van der Waals surface area contributed by atoms with Crippen LogP contribution in [0.25, 0.3) is 0 Å². The molecule has 0 saturated carbocycles. The molecular formula is C8H14O4. The van der Waals surface area contributed by atoms with Crippen LogP contribution in [0.2, 0.25) is 0 Å². The second-order valence-electron chi connectivity index (χ2n) is 2.53. The SMILES string of the molecule is C=CC(=O)OC(CO)CC(C)O. The molecule has 2 N–H and O–H groups in total. The van der Waals surface area contributed by atoms with Crippen LogP contribution in [-0.2, 0) is 9.53 Å². The summed E-state index contributed by atoms with van der Waals surface area (Å²) < 4.78 is 4.69. The van der Waals surface area contributed by atoms with Gasteiger partial charge in [-0.3, -0.25) is 0 Å². The van der Waals surface area contributed by atoms with Gasteiger partial charge in [0.25, 0.3) is 0 Å². The molecule has 2 atom stereocenters. The molecule has 0 amide bonds. The minimum atomic E-state index is -0.643. The summed E-state index contributed by atoms with van der Waals surface area (Å²) in [4.78, 5) is 10.6. The number of rotatable bonds is 5. The highest BCUT2D eigenvalue weighted by Crippen LogP contribution is 2.02. The Morgan fingerprint density at radius 1 is 1.75 bits per heavy atom. The Morgan fingerprint density at radius 2 is 2.33 bits per heavy atom. The predicted octanol–water partition coefficient (Wildman–Crippen LogP) is -0.153. The molecule has 12 heavy (non-hydrogen) atoms. The van der Waals surface area contributed by atoms with Gasteiger partial charge in [0, 0.05) is 12.5 Å². The van der Waals surface area contributed by atoms with Crippen molar-refractivity contribution in [2.24, 2.45) is 0 Å². The Morgan fingerprint density at radius 3 is 2.67 bits per heavy atom. The summed E-state index contributed by atoms with van der Waals surface area (Å²) in [7, 11) is 0. The molecule has 4 nitrogen and oxygen atoms in total. The van der Waals surface area contributed by atoms with Gasteiger partial charge < -0.3 is 14.9 Å². The maximum atomic E-state index is 10.6. The number of carbonyl (C=O) groups is 1. The first-order chi connectivity index (χ1) is 5.60. The van der Waals surface area contributed by atoms with Crippen molar-refractivity contribution in [1.29, 1.82) is 0 Å². The second kappa shape index (κ2) is 5.74. The van der Waals surface area contributed by atoms with E-state index in [0.717, 1.165) is 6.08 Å². The van der Waals surface area contributed by atoms with E-state index in [9.17, 15) is 4.79 Å². The third-order valence-electron chi connectivity index (χ3n) is 1.26. The van der Waals surface area contributed by atoms with Gasteiger partial charge in [-0.1, -0.05) is 6.58 Å². The zero-order valence-electron chi connectivity index (χ0n) is 7.06. The van der Waals surface area contributed by atoms with Crippen molar-refractivity contribution in [3.05, 3.63) is 12.7 Å². The summed E-state index contributed by atoms with van der Waals surface area (Å²) in [5, 5.41) is 17.6. The zero-order chi connectivity index (χ0) is 9.56. The van der Waals surface area contributed by atoms with Crippen LogP contribution in [0.3, 0.4) is 0 Å². The summed E-state index contributed by atoms with van der Waals surface area (Å²) in [6, 6.07) is 0. The van der Waals surface area contributed by atoms with Gasteiger partial charge >= 0.3 is 5.97 Å². The van der Waals surface area contributed by atoms with E-state index in [4.69, 9.17) is 14.9 Å². The lowest BCUT2D eigenvalue weighted by molar-refractivity contribution is -0.146. The van der Waals surface area contributed by atoms with Crippen LogP contribution in [0.15, 0.2) is 12.7 Å². The van der Waals surface area contributed by atoms with E-state index in [1.807, 2.05) is 0 Å². The van der Waals surface area contributed by atoms with Gasteiger partial charge in [-0.25, -0.2) is 4.79 Å². The molecule has 0 bridgehead atoms. The minimum absolute atomic E-state index is 0.232. The number of aliphatic hydroxyl groups is 2. The lowest BCUT2D eigenvalue weighted by Crippen LogP contribution is -2.25. The first kappa shape index (κ1) is 11.1. The Bertz CT molecular complexity index is 153. The Balaban J connectivity index is 3.82. The van der Waals surface area contributed by atoms with Gasteiger partial charge in [-0.05, 0) is 6.92 Å². The van der Waals surface area contributed by atoms with Crippen LogP contribution >= 0.6 is 0 Å². The van der Waals surface area contributed by atoms with Crippen molar-refractivity contribution in [3.8, 4) is 0 Å². The Labute approximate surface area is 71.5 Å². The van der Waals surface area contributed by atoms with Crippen molar-refractivity contribution in [2.75, 3.05) is 6.61 Å². The van der Waals surface area contributed by atoms with Crippen molar-refractivity contribution in [3.63, 3.8) is 0 Å². The number of aliphatic hydroxyl groups excluding tert-OH is 2. The van der Waals surface area contributed by atoms with E-state index in [1.165, 1.54) is 0 Å². The second-order valence-corrected chi connectivity index (χ2v) is 2.53. The van der Waals surface area contributed by atoms with E-state index in [2.05, 4.69) is 6.58 Å². The Hall–Kier alpha value is -0.870. The largest absolute Gasteiger partial charge is 0.457 e. The molecule has 0 aliphatic heterocycles. The van der Waals surface area contributed by atoms with Crippen molar-refractivity contribution in [1.82, 2.24) is 0 Å². The monoisotopic (exact) mass is 174 g/mol. The van der Waals surface area contributed by atoms with Crippen molar-refractivity contribution >= 4 is 5.97 Å². The molecule has 2 unspecified atom stereocenters. The third-order valence-corrected chi connectivity index (χ3v) is 1.26. The first-order valence-electron chi connectivity index (χ1n) is 3.72. The summed E-state index contributed by atoms with van der Waals surface area (Å²) in [6.07, 6.45) is 0.0103. The van der Waals surface area contributed by atoms with E-state index >= 15 is 0 Å². The van der Waals surface area contributed by atoms with Gasteiger partial charge in [0.15, 0.2) is 0 Å². The molecule has 0 rings (SSSR count). The summed E-state index contributed by atoms with van der Waals surface area (Å²) in [6.45, 7) is 4.48. The standard InChI is InChI=1S/C8H14O4/c1-3-8(11)12-7(5-9)4-6(2)10/h3,6-7,9-10H,1,4-5H2,2H3. The average molecular weight is 174 g/mol.